The second-order valence-electron chi connectivity index (χ2n) is 20.7. The number of hydrogen-bond donors (Lipinski definition) is 1. The first kappa shape index (κ1) is 63.5. The van der Waals surface area contributed by atoms with Crippen LogP contribution in [0.2, 0.25) is 0 Å². The average Bonchev–Trinajstić information content (AvgIpc) is 3.25. The first-order valence-corrected chi connectivity index (χ1v) is 29.8. The Morgan fingerprint density at radius 2 is 0.719 bits per heavy atom. The predicted octanol–water partition coefficient (Wildman–Crippen LogP) is 17.6. The number of hydrogen-bond acceptors (Lipinski definition) is 6. The lowest BCUT2D eigenvalue weighted by molar-refractivity contribution is -0.870. The van der Waals surface area contributed by atoms with Crippen LogP contribution in [-0.2, 0) is 27.9 Å². The van der Waals surface area contributed by atoms with Gasteiger partial charge in [-0.15, -0.1) is 0 Å². The summed E-state index contributed by atoms with van der Waals surface area (Å²) in [5.41, 5.74) is 0. The van der Waals surface area contributed by atoms with Crippen molar-refractivity contribution in [3.8, 4) is 0 Å². The van der Waals surface area contributed by atoms with E-state index in [2.05, 4.69) is 13.8 Å². The number of phosphoric ester groups is 1. The molecule has 1 N–H and O–H groups in total. The van der Waals surface area contributed by atoms with Gasteiger partial charge in [0.2, 0.25) is 0 Å². The number of quaternary nitrogens is 1. The zero-order valence-corrected chi connectivity index (χ0v) is 44.7. The van der Waals surface area contributed by atoms with Crippen molar-refractivity contribution in [2.24, 2.45) is 0 Å². The highest BCUT2D eigenvalue weighted by atomic mass is 31.2. The quantitative estimate of drug-likeness (QED) is 0.0281. The molecule has 0 amide bonds. The van der Waals surface area contributed by atoms with Crippen molar-refractivity contribution < 1.29 is 37.3 Å². The summed E-state index contributed by atoms with van der Waals surface area (Å²) in [4.78, 5) is 23.0. The Hall–Kier alpha value is -0.500. The lowest BCUT2D eigenvalue weighted by Crippen LogP contribution is -2.37. The zero-order chi connectivity index (χ0) is 46.9. The van der Waals surface area contributed by atoms with Crippen LogP contribution in [0.15, 0.2) is 0 Å². The molecule has 2 atom stereocenters. The van der Waals surface area contributed by atoms with Crippen molar-refractivity contribution in [2.75, 3.05) is 54.1 Å². The van der Waals surface area contributed by atoms with Crippen LogP contribution in [0, 0.1) is 0 Å². The minimum Gasteiger partial charge on any atom is -0.457 e. The van der Waals surface area contributed by atoms with Crippen LogP contribution in [-0.4, -0.2) is 75.6 Å². The van der Waals surface area contributed by atoms with Gasteiger partial charge in [-0.3, -0.25) is 13.8 Å². The van der Waals surface area contributed by atoms with Crippen molar-refractivity contribution in [1.29, 1.82) is 0 Å². The maximum Gasteiger partial charge on any atom is 0.472 e. The Bertz CT molecular complexity index is 992. The van der Waals surface area contributed by atoms with Crippen LogP contribution in [0.25, 0.3) is 0 Å². The summed E-state index contributed by atoms with van der Waals surface area (Å²) in [6, 6.07) is 0. The van der Waals surface area contributed by atoms with Crippen LogP contribution >= 0.6 is 7.82 Å². The van der Waals surface area contributed by atoms with Crippen LogP contribution in [0.3, 0.4) is 0 Å². The summed E-state index contributed by atoms with van der Waals surface area (Å²) < 4.78 is 35.2. The molecule has 64 heavy (non-hydrogen) atoms. The van der Waals surface area contributed by atoms with Crippen molar-refractivity contribution in [2.45, 2.75) is 296 Å². The Kier molecular flexibility index (Phi) is 48.6. The smallest absolute Gasteiger partial charge is 0.457 e. The molecule has 0 aliphatic carbocycles. The van der Waals surface area contributed by atoms with Gasteiger partial charge in [0.05, 0.1) is 34.4 Å². The molecular formula is C55H113NO7P+. The summed E-state index contributed by atoms with van der Waals surface area (Å²) in [6.07, 6.45) is 56.1. The van der Waals surface area contributed by atoms with Gasteiger partial charge in [0.1, 0.15) is 19.3 Å². The third-order valence-corrected chi connectivity index (χ3v) is 13.9. The van der Waals surface area contributed by atoms with E-state index in [1.807, 2.05) is 21.1 Å². The van der Waals surface area contributed by atoms with Crippen LogP contribution < -0.4 is 0 Å². The number of ether oxygens (including phenoxy) is 2. The van der Waals surface area contributed by atoms with Gasteiger partial charge in [-0.1, -0.05) is 271 Å². The fourth-order valence-electron chi connectivity index (χ4n) is 8.56. The minimum atomic E-state index is -4.27. The molecule has 8 nitrogen and oxygen atoms in total. The van der Waals surface area contributed by atoms with Crippen molar-refractivity contribution in [1.82, 2.24) is 0 Å². The van der Waals surface area contributed by atoms with Gasteiger partial charge in [-0.2, -0.15) is 0 Å². The molecule has 0 fully saturated rings. The van der Waals surface area contributed by atoms with E-state index < -0.39 is 13.9 Å². The largest absolute Gasteiger partial charge is 0.472 e. The molecule has 0 bridgehead atoms. The number of phosphoric acid groups is 1. The normalized spacial score (nSPS) is 13.4. The first-order valence-electron chi connectivity index (χ1n) is 28.3. The molecule has 0 saturated carbocycles. The lowest BCUT2D eigenvalue weighted by Gasteiger charge is -2.24. The summed E-state index contributed by atoms with van der Waals surface area (Å²) in [6.45, 7) is 5.70. The Morgan fingerprint density at radius 1 is 0.422 bits per heavy atom. The van der Waals surface area contributed by atoms with E-state index in [4.69, 9.17) is 18.5 Å². The maximum absolute atomic E-state index is 12.8. The highest BCUT2D eigenvalue weighted by Crippen LogP contribution is 2.43. The number of carbonyl (C=O) groups is 1. The van der Waals surface area contributed by atoms with Crippen LogP contribution in [0.5, 0.6) is 0 Å². The molecule has 0 aliphatic rings. The van der Waals surface area contributed by atoms with Gasteiger partial charge in [-0.25, -0.2) is 4.57 Å². The molecule has 0 rings (SSSR count). The molecule has 384 valence electrons. The molecule has 0 aromatic heterocycles. The second-order valence-corrected chi connectivity index (χ2v) is 22.1. The number of nitrogens with zero attached hydrogens (tertiary/aromatic N) is 1. The van der Waals surface area contributed by atoms with Crippen LogP contribution in [0.1, 0.15) is 290 Å². The second kappa shape index (κ2) is 48.9. The Morgan fingerprint density at radius 3 is 1.03 bits per heavy atom. The molecule has 0 spiro atoms. The molecule has 0 radical (unpaired) electrons. The Labute approximate surface area is 399 Å². The third kappa shape index (κ3) is 52.5. The van der Waals surface area contributed by atoms with Gasteiger partial charge >= 0.3 is 13.8 Å². The molecular weight excluding hydrogens is 818 g/mol. The summed E-state index contributed by atoms with van der Waals surface area (Å²) in [7, 11) is 1.69. The van der Waals surface area contributed by atoms with Crippen molar-refractivity contribution in [3.63, 3.8) is 0 Å². The van der Waals surface area contributed by atoms with Gasteiger partial charge < -0.3 is 18.9 Å². The number of rotatable bonds is 54. The molecule has 1 unspecified atom stereocenters. The molecule has 0 aromatic carbocycles. The van der Waals surface area contributed by atoms with E-state index in [1.54, 1.807) is 0 Å². The summed E-state index contributed by atoms with van der Waals surface area (Å²) >= 11 is 0. The van der Waals surface area contributed by atoms with Gasteiger partial charge in [0.25, 0.3) is 0 Å². The average molecular weight is 931 g/mol. The first-order chi connectivity index (χ1) is 31.1. The molecule has 0 aromatic rings. The van der Waals surface area contributed by atoms with Gasteiger partial charge in [0, 0.05) is 13.0 Å². The van der Waals surface area contributed by atoms with E-state index in [9.17, 15) is 14.3 Å². The highest BCUT2D eigenvalue weighted by molar-refractivity contribution is 7.47. The topological polar surface area (TPSA) is 91.3 Å². The SMILES string of the molecule is CCCCCCCCCCCCCCCCCCCCCCCCCCCCCCCCC(=O)O[C@H](COCCCCCCCCCCCCCC)COP(=O)(O)OCC[N+](C)(C)C. The predicted molar refractivity (Wildman–Crippen MR) is 275 cm³/mol. The maximum atomic E-state index is 12.8. The van der Waals surface area contributed by atoms with E-state index in [0.29, 0.717) is 24.1 Å². The van der Waals surface area contributed by atoms with Crippen molar-refractivity contribution in [3.05, 3.63) is 0 Å². The third-order valence-electron chi connectivity index (χ3n) is 12.9. The van der Waals surface area contributed by atoms with Gasteiger partial charge in [-0.05, 0) is 12.8 Å². The molecule has 0 heterocycles. The van der Waals surface area contributed by atoms with Gasteiger partial charge in [0.15, 0.2) is 0 Å². The molecule has 0 aliphatic heterocycles. The lowest BCUT2D eigenvalue weighted by atomic mass is 10.0. The molecule has 0 saturated heterocycles. The number of likely N-dealkylation sites (N-methyl/N-ethyl adjacent to an activating group) is 1. The van der Waals surface area contributed by atoms with E-state index in [-0.39, 0.29) is 25.8 Å². The number of unbranched alkanes of at least 4 members (excludes halogenated alkanes) is 40. The summed E-state index contributed by atoms with van der Waals surface area (Å²) in [5, 5.41) is 0. The fraction of sp³-hybridized carbons (Fsp3) is 0.982. The monoisotopic (exact) mass is 931 g/mol. The van der Waals surface area contributed by atoms with E-state index in [0.717, 1.165) is 32.1 Å². The van der Waals surface area contributed by atoms with Crippen molar-refractivity contribution >= 4 is 13.8 Å². The standard InChI is InChI=1S/C55H112NO7P/c1-6-8-10-12-14-16-18-20-21-22-23-24-25-26-27-28-29-30-31-32-33-34-35-36-37-38-40-42-44-46-48-55(57)63-54(53-62-64(58,59)61-51-49-56(3,4)5)52-60-50-47-45-43-41-39-19-17-15-13-11-9-7-2/h54H,6-53H2,1-5H3/p+1/t54-/m1/s1. The van der Waals surface area contributed by atoms with E-state index in [1.165, 1.54) is 238 Å². The fourth-order valence-corrected chi connectivity index (χ4v) is 9.30. The summed E-state index contributed by atoms with van der Waals surface area (Å²) in [5.74, 6) is -0.304. The Balaban J connectivity index is 3.88. The number of carbonyl (C=O) groups excluding carboxylic acids is 1. The number of esters is 1. The minimum absolute atomic E-state index is 0.0941. The molecule has 9 heteroatoms. The van der Waals surface area contributed by atoms with Crippen LogP contribution in [0.4, 0.5) is 0 Å². The van der Waals surface area contributed by atoms with E-state index >= 15 is 0 Å². The zero-order valence-electron chi connectivity index (χ0n) is 43.8. The highest BCUT2D eigenvalue weighted by Gasteiger charge is 2.26.